The van der Waals surface area contributed by atoms with Crippen molar-refractivity contribution < 1.29 is 23.5 Å². The molecule has 0 bridgehead atoms. The third kappa shape index (κ3) is 9.05. The number of nitrogens with one attached hydrogen (secondary N) is 3. The molecule has 0 aliphatic rings. The van der Waals surface area contributed by atoms with Crippen LogP contribution in [0.1, 0.15) is 36.2 Å². The largest absolute Gasteiger partial charge is 0.492 e. The number of hydrogen-bond acceptors (Lipinski definition) is 5. The van der Waals surface area contributed by atoms with Crippen LogP contribution in [0, 0.1) is 5.82 Å². The van der Waals surface area contributed by atoms with Crippen molar-refractivity contribution in [3.63, 3.8) is 0 Å². The molecule has 220 valence electrons. The Morgan fingerprint density at radius 3 is 2.30 bits per heavy atom. The molecule has 9 heteroatoms. The highest BCUT2D eigenvalue weighted by Gasteiger charge is 2.20. The molecule has 7 nitrogen and oxygen atoms in total. The molecule has 0 fully saturated rings. The summed E-state index contributed by atoms with van der Waals surface area (Å²) in [6.07, 6.45) is 2.05. The van der Waals surface area contributed by atoms with E-state index in [1.165, 1.54) is 42.1 Å². The second-order valence-electron chi connectivity index (χ2n) is 9.34. The lowest BCUT2D eigenvalue weighted by Crippen LogP contribution is -2.30. The molecule has 4 rings (SSSR count). The molecule has 4 aromatic carbocycles. The van der Waals surface area contributed by atoms with Gasteiger partial charge in [-0.25, -0.2) is 4.39 Å². The smallest absolute Gasteiger partial charge is 0.272 e. The van der Waals surface area contributed by atoms with Crippen LogP contribution in [0.2, 0.25) is 0 Å². The lowest BCUT2D eigenvalue weighted by atomic mass is 10.1. The fourth-order valence-electron chi connectivity index (χ4n) is 4.06. The number of carbonyl (C=O) groups excluding carboxylic acids is 3. The molecule has 3 amide bonds. The number of thioether (sulfide) groups is 1. The first kappa shape index (κ1) is 31.1. The van der Waals surface area contributed by atoms with E-state index >= 15 is 0 Å². The third-order valence-electron chi connectivity index (χ3n) is 6.19. The Balaban J connectivity index is 1.49. The van der Waals surface area contributed by atoms with Gasteiger partial charge in [0.1, 0.15) is 17.3 Å². The van der Waals surface area contributed by atoms with E-state index in [2.05, 4.69) is 16.0 Å². The Kier molecular flexibility index (Phi) is 11.1. The molecule has 3 N–H and O–H groups in total. The normalized spacial score (nSPS) is 11.7. The number of amides is 3. The average Bonchev–Trinajstić information content (AvgIpc) is 3.02. The maximum Gasteiger partial charge on any atom is 0.272 e. The monoisotopic (exact) mass is 597 g/mol. The van der Waals surface area contributed by atoms with Gasteiger partial charge in [0.25, 0.3) is 11.8 Å². The lowest BCUT2D eigenvalue weighted by Gasteiger charge is -2.17. The van der Waals surface area contributed by atoms with Crippen LogP contribution in [0.25, 0.3) is 6.08 Å². The SMILES string of the molecule is CCOc1ccccc1NC(=O)C(CC)Sc1cccc(NC(=O)/C(=C\c2ccc(F)cc2)NC(=O)c2ccccc2)c1. The molecule has 1 unspecified atom stereocenters. The summed E-state index contributed by atoms with van der Waals surface area (Å²) >= 11 is 1.37. The van der Waals surface area contributed by atoms with Crippen LogP contribution in [0.15, 0.2) is 114 Å². The summed E-state index contributed by atoms with van der Waals surface area (Å²) in [5, 5.41) is 8.06. The molecule has 0 radical (unpaired) electrons. The van der Waals surface area contributed by atoms with Gasteiger partial charge in [0.15, 0.2) is 0 Å². The second-order valence-corrected chi connectivity index (χ2v) is 10.6. The van der Waals surface area contributed by atoms with Crippen LogP contribution in [0.5, 0.6) is 5.75 Å². The summed E-state index contributed by atoms with van der Waals surface area (Å²) in [6, 6.07) is 28.5. The van der Waals surface area contributed by atoms with E-state index in [0.717, 1.165) is 4.90 Å². The minimum absolute atomic E-state index is 0.0164. The summed E-state index contributed by atoms with van der Waals surface area (Å²) in [7, 11) is 0. The van der Waals surface area contributed by atoms with Gasteiger partial charge in [-0.05, 0) is 79.6 Å². The highest BCUT2D eigenvalue weighted by molar-refractivity contribution is 8.00. The fourth-order valence-corrected chi connectivity index (χ4v) is 5.08. The van der Waals surface area contributed by atoms with Crippen LogP contribution in [-0.2, 0) is 9.59 Å². The van der Waals surface area contributed by atoms with Crippen molar-refractivity contribution in [2.75, 3.05) is 17.2 Å². The maximum atomic E-state index is 13.5. The summed E-state index contributed by atoms with van der Waals surface area (Å²) in [6.45, 7) is 4.29. The van der Waals surface area contributed by atoms with E-state index < -0.39 is 22.9 Å². The van der Waals surface area contributed by atoms with E-state index in [0.29, 0.717) is 41.3 Å². The second kappa shape index (κ2) is 15.4. The molecular weight excluding hydrogens is 565 g/mol. The van der Waals surface area contributed by atoms with Crippen molar-refractivity contribution >= 4 is 46.9 Å². The summed E-state index contributed by atoms with van der Waals surface area (Å²) < 4.78 is 19.1. The van der Waals surface area contributed by atoms with Crippen LogP contribution in [0.3, 0.4) is 0 Å². The molecular formula is C34H32FN3O4S. The van der Waals surface area contributed by atoms with Gasteiger partial charge in [-0.2, -0.15) is 0 Å². The van der Waals surface area contributed by atoms with E-state index in [1.807, 2.05) is 32.0 Å². The lowest BCUT2D eigenvalue weighted by molar-refractivity contribution is -0.116. The number of carbonyl (C=O) groups is 3. The van der Waals surface area contributed by atoms with Crippen LogP contribution < -0.4 is 20.7 Å². The van der Waals surface area contributed by atoms with Crippen molar-refractivity contribution in [2.24, 2.45) is 0 Å². The van der Waals surface area contributed by atoms with Gasteiger partial charge in [0, 0.05) is 16.1 Å². The molecule has 0 aromatic heterocycles. The molecule has 0 saturated carbocycles. The predicted octanol–water partition coefficient (Wildman–Crippen LogP) is 7.14. The highest BCUT2D eigenvalue weighted by atomic mass is 32.2. The van der Waals surface area contributed by atoms with Gasteiger partial charge in [0.2, 0.25) is 5.91 Å². The van der Waals surface area contributed by atoms with Gasteiger partial charge in [-0.3, -0.25) is 14.4 Å². The first-order chi connectivity index (χ1) is 20.9. The quantitative estimate of drug-likeness (QED) is 0.119. The van der Waals surface area contributed by atoms with E-state index in [-0.39, 0.29) is 11.6 Å². The van der Waals surface area contributed by atoms with Gasteiger partial charge < -0.3 is 20.7 Å². The maximum absolute atomic E-state index is 13.5. The number of para-hydroxylation sites is 2. The molecule has 1 atom stereocenters. The van der Waals surface area contributed by atoms with Crippen molar-refractivity contribution in [3.8, 4) is 5.75 Å². The summed E-state index contributed by atoms with van der Waals surface area (Å²) in [5.74, 6) is -0.999. The molecule has 0 heterocycles. The van der Waals surface area contributed by atoms with Gasteiger partial charge in [-0.1, -0.05) is 55.5 Å². The molecule has 43 heavy (non-hydrogen) atoms. The standard InChI is InChI=1S/C34H32FN3O4S/c1-3-31(34(41)37-28-15-8-9-16-30(28)42-4-2)43-27-14-10-13-26(22-27)36-33(40)29(21-23-17-19-25(35)20-18-23)38-32(39)24-11-6-5-7-12-24/h5-22,31H,3-4H2,1-2H3,(H,36,40)(H,37,41)(H,38,39)/b29-21+. The Morgan fingerprint density at radius 2 is 1.58 bits per heavy atom. The van der Waals surface area contributed by atoms with Crippen molar-refractivity contribution in [1.82, 2.24) is 5.32 Å². The topological polar surface area (TPSA) is 96.5 Å². The highest BCUT2D eigenvalue weighted by Crippen LogP contribution is 2.30. The Morgan fingerprint density at radius 1 is 0.860 bits per heavy atom. The third-order valence-corrected chi connectivity index (χ3v) is 7.55. The first-order valence-corrected chi connectivity index (χ1v) is 14.7. The number of anilines is 2. The number of halogens is 1. The molecule has 0 aliphatic heterocycles. The predicted molar refractivity (Wildman–Crippen MR) is 170 cm³/mol. The molecule has 0 saturated heterocycles. The summed E-state index contributed by atoms with van der Waals surface area (Å²) in [4.78, 5) is 40.2. The molecule has 0 spiro atoms. The van der Waals surface area contributed by atoms with Gasteiger partial charge in [-0.15, -0.1) is 11.8 Å². The number of benzene rings is 4. The zero-order valence-electron chi connectivity index (χ0n) is 23.8. The zero-order chi connectivity index (χ0) is 30.6. The Hall–Kier alpha value is -4.89. The van der Waals surface area contributed by atoms with Gasteiger partial charge >= 0.3 is 0 Å². The Labute approximate surface area is 254 Å². The number of ether oxygens (including phenoxy) is 1. The molecule has 0 aliphatic carbocycles. The van der Waals surface area contributed by atoms with Crippen LogP contribution in [0.4, 0.5) is 15.8 Å². The fraction of sp³-hybridized carbons (Fsp3) is 0.147. The first-order valence-electron chi connectivity index (χ1n) is 13.8. The van der Waals surface area contributed by atoms with Gasteiger partial charge in [0.05, 0.1) is 17.5 Å². The van der Waals surface area contributed by atoms with E-state index in [9.17, 15) is 18.8 Å². The van der Waals surface area contributed by atoms with Crippen LogP contribution in [-0.4, -0.2) is 29.6 Å². The van der Waals surface area contributed by atoms with Crippen molar-refractivity contribution in [3.05, 3.63) is 126 Å². The number of rotatable bonds is 12. The van der Waals surface area contributed by atoms with E-state index in [1.54, 1.807) is 60.7 Å². The summed E-state index contributed by atoms with van der Waals surface area (Å²) in [5.41, 5.74) is 1.98. The zero-order valence-corrected chi connectivity index (χ0v) is 24.6. The van der Waals surface area contributed by atoms with Crippen molar-refractivity contribution in [2.45, 2.75) is 30.4 Å². The minimum Gasteiger partial charge on any atom is -0.492 e. The molecule has 4 aromatic rings. The Bertz CT molecular complexity index is 1590. The van der Waals surface area contributed by atoms with Crippen molar-refractivity contribution in [1.29, 1.82) is 0 Å². The number of hydrogen-bond donors (Lipinski definition) is 3. The van der Waals surface area contributed by atoms with Crippen LogP contribution >= 0.6 is 11.8 Å². The minimum atomic E-state index is -0.562. The average molecular weight is 598 g/mol. The van der Waals surface area contributed by atoms with E-state index in [4.69, 9.17) is 4.74 Å².